The topological polar surface area (TPSA) is 43.9 Å². The molecule has 0 radical (unpaired) electrons. The molecule has 0 saturated carbocycles. The summed E-state index contributed by atoms with van der Waals surface area (Å²) in [6.45, 7) is 5.36. The molecule has 0 spiro atoms. The molecule has 26 heavy (non-hydrogen) atoms. The molecule has 0 aliphatic carbocycles. The standard InChI is InChI=1S/C20H28BrN3O2/c21-18-6-4-5-17(15-18)7-8-19(25)24-13-11-22(12-14-24)16-20(26)23-9-2-1-3-10-23/h4-6,15H,1-3,7-14,16H2. The fraction of sp³-hybridized carbons (Fsp3) is 0.600. The van der Waals surface area contributed by atoms with Crippen molar-refractivity contribution in [3.63, 3.8) is 0 Å². The third kappa shape index (κ3) is 5.55. The SMILES string of the molecule is O=C(CCc1cccc(Br)c1)N1CCN(CC(=O)N2CCCCC2)CC1. The van der Waals surface area contributed by atoms with Gasteiger partial charge in [0.25, 0.3) is 0 Å². The lowest BCUT2D eigenvalue weighted by Crippen LogP contribution is -2.52. The fourth-order valence-electron chi connectivity index (χ4n) is 3.69. The van der Waals surface area contributed by atoms with E-state index in [4.69, 9.17) is 0 Å². The molecule has 2 heterocycles. The van der Waals surface area contributed by atoms with Crippen molar-refractivity contribution in [2.75, 3.05) is 45.8 Å². The quantitative estimate of drug-likeness (QED) is 0.733. The Hall–Kier alpha value is -1.40. The van der Waals surface area contributed by atoms with Gasteiger partial charge in [-0.2, -0.15) is 0 Å². The monoisotopic (exact) mass is 421 g/mol. The Morgan fingerprint density at radius 3 is 2.27 bits per heavy atom. The Kier molecular flexibility index (Phi) is 7.08. The molecule has 142 valence electrons. The zero-order valence-corrected chi connectivity index (χ0v) is 16.9. The Labute approximate surface area is 164 Å². The lowest BCUT2D eigenvalue weighted by atomic mass is 10.1. The first-order valence-electron chi connectivity index (χ1n) is 9.64. The van der Waals surface area contributed by atoms with Gasteiger partial charge in [0.2, 0.25) is 11.8 Å². The summed E-state index contributed by atoms with van der Waals surface area (Å²) in [5, 5.41) is 0. The number of hydrogen-bond acceptors (Lipinski definition) is 3. The Bertz CT molecular complexity index is 623. The largest absolute Gasteiger partial charge is 0.342 e. The van der Waals surface area contributed by atoms with Crippen LogP contribution in [0.2, 0.25) is 0 Å². The van der Waals surface area contributed by atoms with E-state index in [0.717, 1.165) is 63.0 Å². The maximum atomic E-state index is 12.5. The van der Waals surface area contributed by atoms with Crippen molar-refractivity contribution in [3.05, 3.63) is 34.3 Å². The first-order valence-corrected chi connectivity index (χ1v) is 10.4. The molecule has 0 aromatic heterocycles. The second-order valence-electron chi connectivity index (χ2n) is 7.23. The molecule has 2 aliphatic rings. The molecule has 1 aromatic rings. The molecule has 5 nitrogen and oxygen atoms in total. The summed E-state index contributed by atoms with van der Waals surface area (Å²) >= 11 is 3.47. The smallest absolute Gasteiger partial charge is 0.236 e. The molecule has 0 bridgehead atoms. The number of nitrogens with zero attached hydrogens (tertiary/aromatic N) is 3. The molecule has 6 heteroatoms. The van der Waals surface area contributed by atoms with Gasteiger partial charge in [0.05, 0.1) is 6.54 Å². The molecule has 2 amide bonds. The van der Waals surface area contributed by atoms with Crippen molar-refractivity contribution in [1.82, 2.24) is 14.7 Å². The molecular weight excluding hydrogens is 394 g/mol. The summed E-state index contributed by atoms with van der Waals surface area (Å²) in [6, 6.07) is 8.12. The number of halogens is 1. The minimum absolute atomic E-state index is 0.215. The Balaban J connectivity index is 1.38. The molecule has 2 saturated heterocycles. The number of aryl methyl sites for hydroxylation is 1. The highest BCUT2D eigenvalue weighted by atomic mass is 79.9. The van der Waals surface area contributed by atoms with Crippen LogP contribution < -0.4 is 0 Å². The van der Waals surface area contributed by atoms with Crippen LogP contribution in [0.25, 0.3) is 0 Å². The number of rotatable bonds is 5. The first kappa shape index (κ1) is 19.4. The highest BCUT2D eigenvalue weighted by Crippen LogP contribution is 2.14. The predicted molar refractivity (Wildman–Crippen MR) is 106 cm³/mol. The number of piperidine rings is 1. The number of likely N-dealkylation sites (tertiary alicyclic amines) is 1. The predicted octanol–water partition coefficient (Wildman–Crippen LogP) is 2.54. The van der Waals surface area contributed by atoms with Gasteiger partial charge in [-0.25, -0.2) is 0 Å². The van der Waals surface area contributed by atoms with Crippen LogP contribution in [-0.2, 0) is 16.0 Å². The van der Waals surface area contributed by atoms with Crippen LogP contribution in [0, 0.1) is 0 Å². The maximum Gasteiger partial charge on any atom is 0.236 e. The van der Waals surface area contributed by atoms with Crippen molar-refractivity contribution in [1.29, 1.82) is 0 Å². The van der Waals surface area contributed by atoms with E-state index in [1.807, 2.05) is 21.9 Å². The van der Waals surface area contributed by atoms with Gasteiger partial charge in [-0.05, 0) is 43.4 Å². The van der Waals surface area contributed by atoms with Crippen LogP contribution in [0.4, 0.5) is 0 Å². The van der Waals surface area contributed by atoms with Crippen LogP contribution in [0.15, 0.2) is 28.7 Å². The molecule has 3 rings (SSSR count). The van der Waals surface area contributed by atoms with E-state index < -0.39 is 0 Å². The van der Waals surface area contributed by atoms with E-state index in [2.05, 4.69) is 33.0 Å². The first-order chi connectivity index (χ1) is 12.6. The van der Waals surface area contributed by atoms with E-state index in [0.29, 0.717) is 13.0 Å². The minimum atomic E-state index is 0.215. The zero-order valence-electron chi connectivity index (χ0n) is 15.3. The second-order valence-corrected chi connectivity index (χ2v) is 8.14. The summed E-state index contributed by atoms with van der Waals surface area (Å²) < 4.78 is 1.05. The van der Waals surface area contributed by atoms with Crippen LogP contribution in [-0.4, -0.2) is 72.3 Å². The third-order valence-electron chi connectivity index (χ3n) is 5.31. The average molecular weight is 422 g/mol. The van der Waals surface area contributed by atoms with Crippen LogP contribution in [0.5, 0.6) is 0 Å². The second kappa shape index (κ2) is 9.51. The van der Waals surface area contributed by atoms with Crippen molar-refractivity contribution < 1.29 is 9.59 Å². The lowest BCUT2D eigenvalue weighted by molar-refractivity contribution is -0.135. The van der Waals surface area contributed by atoms with Gasteiger partial charge in [0.1, 0.15) is 0 Å². The molecule has 2 fully saturated rings. The van der Waals surface area contributed by atoms with Crippen LogP contribution in [0.1, 0.15) is 31.2 Å². The summed E-state index contributed by atoms with van der Waals surface area (Å²) in [5.41, 5.74) is 1.18. The normalized spacial score (nSPS) is 18.8. The third-order valence-corrected chi connectivity index (χ3v) is 5.80. The van der Waals surface area contributed by atoms with Gasteiger partial charge < -0.3 is 9.80 Å². The van der Waals surface area contributed by atoms with Gasteiger partial charge in [0, 0.05) is 50.2 Å². The Morgan fingerprint density at radius 2 is 1.58 bits per heavy atom. The summed E-state index contributed by atoms with van der Waals surface area (Å²) in [6.07, 6.45) is 4.82. The number of carbonyl (C=O) groups is 2. The number of benzene rings is 1. The van der Waals surface area contributed by atoms with E-state index in [1.165, 1.54) is 12.0 Å². The maximum absolute atomic E-state index is 12.5. The van der Waals surface area contributed by atoms with Crippen molar-refractivity contribution in [2.45, 2.75) is 32.1 Å². The van der Waals surface area contributed by atoms with E-state index in [9.17, 15) is 9.59 Å². The molecule has 2 aliphatic heterocycles. The van der Waals surface area contributed by atoms with Gasteiger partial charge in [-0.1, -0.05) is 28.1 Å². The fourth-order valence-corrected chi connectivity index (χ4v) is 4.14. The summed E-state index contributed by atoms with van der Waals surface area (Å²) in [5.74, 6) is 0.464. The number of amides is 2. The number of piperazine rings is 1. The Morgan fingerprint density at radius 1 is 0.885 bits per heavy atom. The van der Waals surface area contributed by atoms with E-state index in [-0.39, 0.29) is 11.8 Å². The van der Waals surface area contributed by atoms with Crippen molar-refractivity contribution in [3.8, 4) is 0 Å². The van der Waals surface area contributed by atoms with Gasteiger partial charge in [-0.15, -0.1) is 0 Å². The molecule has 0 N–H and O–H groups in total. The molecule has 1 aromatic carbocycles. The highest BCUT2D eigenvalue weighted by Gasteiger charge is 2.24. The number of carbonyl (C=O) groups excluding carboxylic acids is 2. The van der Waals surface area contributed by atoms with Crippen LogP contribution in [0.3, 0.4) is 0 Å². The highest BCUT2D eigenvalue weighted by molar-refractivity contribution is 9.10. The van der Waals surface area contributed by atoms with Gasteiger partial charge in [0.15, 0.2) is 0 Å². The zero-order chi connectivity index (χ0) is 18.4. The molecule has 0 atom stereocenters. The van der Waals surface area contributed by atoms with Gasteiger partial charge >= 0.3 is 0 Å². The van der Waals surface area contributed by atoms with Crippen molar-refractivity contribution in [2.24, 2.45) is 0 Å². The summed E-state index contributed by atoms with van der Waals surface area (Å²) in [4.78, 5) is 31.0. The van der Waals surface area contributed by atoms with Gasteiger partial charge in [-0.3, -0.25) is 14.5 Å². The molecular formula is C20H28BrN3O2. The van der Waals surface area contributed by atoms with Crippen LogP contribution >= 0.6 is 15.9 Å². The average Bonchev–Trinajstić information content (AvgIpc) is 2.67. The number of hydrogen-bond donors (Lipinski definition) is 0. The van der Waals surface area contributed by atoms with E-state index in [1.54, 1.807) is 0 Å². The lowest BCUT2D eigenvalue weighted by Gasteiger charge is -2.36. The van der Waals surface area contributed by atoms with E-state index >= 15 is 0 Å². The molecule has 0 unspecified atom stereocenters. The van der Waals surface area contributed by atoms with Crippen molar-refractivity contribution >= 4 is 27.7 Å². The summed E-state index contributed by atoms with van der Waals surface area (Å²) in [7, 11) is 0. The minimum Gasteiger partial charge on any atom is -0.342 e.